The Morgan fingerprint density at radius 2 is 1.67 bits per heavy atom. The molecule has 106 valence electrons. The van der Waals surface area contributed by atoms with Gasteiger partial charge in [-0.25, -0.2) is 0 Å². The van der Waals surface area contributed by atoms with Gasteiger partial charge in [0.2, 0.25) is 5.91 Å². The van der Waals surface area contributed by atoms with Crippen LogP contribution in [0.1, 0.15) is 27.2 Å². The highest BCUT2D eigenvalue weighted by molar-refractivity contribution is 5.86. The van der Waals surface area contributed by atoms with Crippen LogP contribution in [0.5, 0.6) is 0 Å². The average Bonchev–Trinajstić information content (AvgIpc) is 2.26. The first kappa shape index (κ1) is 16.9. The van der Waals surface area contributed by atoms with Gasteiger partial charge in [-0.2, -0.15) is 0 Å². The van der Waals surface area contributed by atoms with Gasteiger partial charge < -0.3 is 14.5 Å². The maximum absolute atomic E-state index is 11.9. The minimum Gasteiger partial charge on any atom is -0.369 e. The first-order valence-corrected chi connectivity index (χ1v) is 6.32. The Labute approximate surface area is 110 Å². The molecule has 0 aliphatic heterocycles. The summed E-state index contributed by atoms with van der Waals surface area (Å²) >= 11 is 0. The monoisotopic (exact) mass is 258 g/mol. The van der Waals surface area contributed by atoms with E-state index < -0.39 is 6.10 Å². The Kier molecular flexibility index (Phi) is 7.59. The third kappa shape index (κ3) is 6.59. The van der Waals surface area contributed by atoms with Gasteiger partial charge in [0.05, 0.1) is 6.54 Å². The highest BCUT2D eigenvalue weighted by Gasteiger charge is 2.20. The minimum atomic E-state index is -0.497. The third-order valence-corrected chi connectivity index (χ3v) is 2.66. The highest BCUT2D eigenvalue weighted by atomic mass is 16.5. The summed E-state index contributed by atoms with van der Waals surface area (Å²) in [5.74, 6) is 0.300. The summed E-state index contributed by atoms with van der Waals surface area (Å²) in [6.07, 6.45) is 0.432. The molecule has 0 spiro atoms. The number of amides is 2. The predicted octanol–water partition coefficient (Wildman–Crippen LogP) is 0.984. The first-order chi connectivity index (χ1) is 8.25. The molecule has 18 heavy (non-hydrogen) atoms. The van der Waals surface area contributed by atoms with Crippen LogP contribution in [0, 0.1) is 5.92 Å². The first-order valence-electron chi connectivity index (χ1n) is 6.32. The standard InChI is InChI=1S/C13H26N2O3/c1-10(2)7-8-18-11(3)13(17)15(6)9-12(16)14(4)5/h10-11H,7-9H2,1-6H3. The normalized spacial score (nSPS) is 12.4. The van der Waals surface area contributed by atoms with E-state index in [1.165, 1.54) is 9.80 Å². The molecular formula is C13H26N2O3. The molecule has 0 heterocycles. The molecule has 1 unspecified atom stereocenters. The lowest BCUT2D eigenvalue weighted by molar-refractivity contribution is -0.145. The van der Waals surface area contributed by atoms with Crippen molar-refractivity contribution in [2.24, 2.45) is 5.92 Å². The number of ether oxygens (including phenoxy) is 1. The molecule has 0 aromatic carbocycles. The van der Waals surface area contributed by atoms with Crippen molar-refractivity contribution in [1.29, 1.82) is 0 Å². The fraction of sp³-hybridized carbons (Fsp3) is 0.846. The van der Waals surface area contributed by atoms with Gasteiger partial charge in [-0.3, -0.25) is 9.59 Å². The summed E-state index contributed by atoms with van der Waals surface area (Å²) in [6, 6.07) is 0. The van der Waals surface area contributed by atoms with Crippen LogP contribution < -0.4 is 0 Å². The lowest BCUT2D eigenvalue weighted by Crippen LogP contribution is -2.42. The summed E-state index contributed by atoms with van der Waals surface area (Å²) in [4.78, 5) is 26.3. The van der Waals surface area contributed by atoms with E-state index in [1.54, 1.807) is 28.1 Å². The summed E-state index contributed by atoms with van der Waals surface area (Å²) < 4.78 is 5.46. The third-order valence-electron chi connectivity index (χ3n) is 2.66. The van der Waals surface area contributed by atoms with Crippen LogP contribution >= 0.6 is 0 Å². The van der Waals surface area contributed by atoms with Crippen LogP contribution in [-0.4, -0.2) is 62.0 Å². The van der Waals surface area contributed by atoms with Gasteiger partial charge in [0.15, 0.2) is 0 Å². The molecule has 0 aliphatic rings. The van der Waals surface area contributed by atoms with Crippen LogP contribution in [0.15, 0.2) is 0 Å². The highest BCUT2D eigenvalue weighted by Crippen LogP contribution is 2.03. The van der Waals surface area contributed by atoms with E-state index in [0.29, 0.717) is 12.5 Å². The average molecular weight is 258 g/mol. The van der Waals surface area contributed by atoms with Crippen molar-refractivity contribution in [3.8, 4) is 0 Å². The molecular weight excluding hydrogens is 232 g/mol. The molecule has 0 aromatic heterocycles. The van der Waals surface area contributed by atoms with E-state index in [9.17, 15) is 9.59 Å². The number of carbonyl (C=O) groups excluding carboxylic acids is 2. The zero-order chi connectivity index (χ0) is 14.3. The van der Waals surface area contributed by atoms with Crippen LogP contribution in [0.2, 0.25) is 0 Å². The summed E-state index contributed by atoms with van der Waals surface area (Å²) in [5, 5.41) is 0. The van der Waals surface area contributed by atoms with E-state index in [-0.39, 0.29) is 18.4 Å². The van der Waals surface area contributed by atoms with Gasteiger partial charge in [-0.15, -0.1) is 0 Å². The topological polar surface area (TPSA) is 49.9 Å². The second kappa shape index (κ2) is 8.08. The van der Waals surface area contributed by atoms with Gasteiger partial charge in [0.25, 0.3) is 5.91 Å². The lowest BCUT2D eigenvalue weighted by Gasteiger charge is -2.22. The van der Waals surface area contributed by atoms with Crippen molar-refractivity contribution in [2.45, 2.75) is 33.3 Å². The van der Waals surface area contributed by atoms with Gasteiger partial charge in [-0.1, -0.05) is 13.8 Å². The smallest absolute Gasteiger partial charge is 0.251 e. The Morgan fingerprint density at radius 1 is 1.11 bits per heavy atom. The molecule has 0 N–H and O–H groups in total. The molecule has 0 aliphatic carbocycles. The van der Waals surface area contributed by atoms with E-state index in [1.807, 2.05) is 0 Å². The molecule has 0 saturated heterocycles. The van der Waals surface area contributed by atoms with Crippen LogP contribution in [-0.2, 0) is 14.3 Å². The zero-order valence-electron chi connectivity index (χ0n) is 12.4. The number of rotatable bonds is 7. The van der Waals surface area contributed by atoms with Crippen molar-refractivity contribution < 1.29 is 14.3 Å². The van der Waals surface area contributed by atoms with Crippen molar-refractivity contribution >= 4 is 11.8 Å². The van der Waals surface area contributed by atoms with Gasteiger partial charge >= 0.3 is 0 Å². The Balaban J connectivity index is 4.08. The maximum atomic E-state index is 11.9. The summed E-state index contributed by atoms with van der Waals surface area (Å²) in [6.45, 7) is 6.60. The minimum absolute atomic E-state index is 0.0870. The largest absolute Gasteiger partial charge is 0.369 e. The predicted molar refractivity (Wildman–Crippen MR) is 71.2 cm³/mol. The molecule has 5 nitrogen and oxygen atoms in total. The van der Waals surface area contributed by atoms with Crippen molar-refractivity contribution in [3.63, 3.8) is 0 Å². The van der Waals surface area contributed by atoms with Crippen molar-refractivity contribution in [2.75, 3.05) is 34.3 Å². The number of nitrogens with zero attached hydrogens (tertiary/aromatic N) is 2. The molecule has 5 heteroatoms. The van der Waals surface area contributed by atoms with E-state index in [4.69, 9.17) is 4.74 Å². The van der Waals surface area contributed by atoms with Gasteiger partial charge in [0.1, 0.15) is 6.10 Å². The van der Waals surface area contributed by atoms with E-state index >= 15 is 0 Å². The maximum Gasteiger partial charge on any atom is 0.251 e. The second-order valence-corrected chi connectivity index (χ2v) is 5.18. The number of likely N-dealkylation sites (N-methyl/N-ethyl adjacent to an activating group) is 2. The second-order valence-electron chi connectivity index (χ2n) is 5.18. The fourth-order valence-electron chi connectivity index (χ4n) is 1.28. The molecule has 1 atom stereocenters. The molecule has 0 saturated carbocycles. The molecule has 0 radical (unpaired) electrons. The SMILES string of the molecule is CC(C)CCOC(C)C(=O)N(C)CC(=O)N(C)C. The summed E-state index contributed by atoms with van der Waals surface area (Å²) in [5.41, 5.74) is 0. The van der Waals surface area contributed by atoms with Crippen LogP contribution in [0.4, 0.5) is 0 Å². The zero-order valence-corrected chi connectivity index (χ0v) is 12.4. The van der Waals surface area contributed by atoms with E-state index in [0.717, 1.165) is 6.42 Å². The fourth-order valence-corrected chi connectivity index (χ4v) is 1.28. The Morgan fingerprint density at radius 3 is 2.11 bits per heavy atom. The molecule has 2 amide bonds. The van der Waals surface area contributed by atoms with Crippen molar-refractivity contribution in [1.82, 2.24) is 9.80 Å². The molecule has 0 aromatic rings. The lowest BCUT2D eigenvalue weighted by atomic mass is 10.1. The Hall–Kier alpha value is -1.10. The van der Waals surface area contributed by atoms with Crippen LogP contribution in [0.25, 0.3) is 0 Å². The molecule has 0 rings (SSSR count). The molecule has 0 fully saturated rings. The van der Waals surface area contributed by atoms with E-state index in [2.05, 4.69) is 13.8 Å². The number of hydrogen-bond acceptors (Lipinski definition) is 3. The Bertz CT molecular complexity index is 277. The number of hydrogen-bond donors (Lipinski definition) is 0. The number of carbonyl (C=O) groups is 2. The quantitative estimate of drug-likeness (QED) is 0.684. The van der Waals surface area contributed by atoms with Gasteiger partial charge in [0, 0.05) is 27.7 Å². The van der Waals surface area contributed by atoms with Crippen LogP contribution in [0.3, 0.4) is 0 Å². The molecule has 0 bridgehead atoms. The summed E-state index contributed by atoms with van der Waals surface area (Å²) in [7, 11) is 4.96. The van der Waals surface area contributed by atoms with Crippen molar-refractivity contribution in [3.05, 3.63) is 0 Å². The van der Waals surface area contributed by atoms with Gasteiger partial charge in [-0.05, 0) is 19.3 Å².